The summed E-state index contributed by atoms with van der Waals surface area (Å²) in [5, 5.41) is 8.49. The molecule has 0 unspecified atom stereocenters. The Labute approximate surface area is 145 Å². The summed E-state index contributed by atoms with van der Waals surface area (Å²) in [6, 6.07) is 3.93. The third-order valence-electron chi connectivity index (χ3n) is 4.71. The van der Waals surface area contributed by atoms with Gasteiger partial charge in [0, 0.05) is 44.1 Å². The number of carbonyl (C=O) groups is 1. The van der Waals surface area contributed by atoms with Crippen molar-refractivity contribution in [2.75, 3.05) is 31.1 Å². The van der Waals surface area contributed by atoms with Crippen LogP contribution in [0.3, 0.4) is 0 Å². The Morgan fingerprint density at radius 2 is 2.00 bits per heavy atom. The number of nitrogens with zero attached hydrogens (tertiary/aromatic N) is 6. The van der Waals surface area contributed by atoms with Gasteiger partial charge in [-0.15, -0.1) is 5.10 Å². The van der Waals surface area contributed by atoms with Gasteiger partial charge >= 0.3 is 0 Å². The maximum absolute atomic E-state index is 12.6. The SMILES string of the molecule is Cc1noc(C)c1CC(=O)N1CCN(c2ccc3nccn3n2)CC1. The van der Waals surface area contributed by atoms with Crippen LogP contribution in [0.25, 0.3) is 5.65 Å². The van der Waals surface area contributed by atoms with E-state index >= 15 is 0 Å². The van der Waals surface area contributed by atoms with Crippen LogP contribution in [0.1, 0.15) is 17.0 Å². The van der Waals surface area contributed by atoms with E-state index in [4.69, 9.17) is 4.52 Å². The van der Waals surface area contributed by atoms with Crippen molar-refractivity contribution in [1.82, 2.24) is 24.7 Å². The summed E-state index contributed by atoms with van der Waals surface area (Å²) in [6.45, 7) is 6.62. The standard InChI is InChI=1S/C17H20N6O2/c1-12-14(13(2)25-20-12)11-17(24)22-9-7-21(8-10-22)16-4-3-15-18-5-6-23(15)19-16/h3-6H,7-11H2,1-2H3. The van der Waals surface area contributed by atoms with Crippen LogP contribution in [0.2, 0.25) is 0 Å². The molecule has 0 spiro atoms. The van der Waals surface area contributed by atoms with Crippen molar-refractivity contribution in [3.05, 3.63) is 41.5 Å². The van der Waals surface area contributed by atoms with Crippen molar-refractivity contribution in [2.45, 2.75) is 20.3 Å². The summed E-state index contributed by atoms with van der Waals surface area (Å²) < 4.78 is 6.91. The highest BCUT2D eigenvalue weighted by Crippen LogP contribution is 2.17. The molecule has 8 heteroatoms. The van der Waals surface area contributed by atoms with Crippen LogP contribution >= 0.6 is 0 Å². The minimum absolute atomic E-state index is 0.118. The number of hydrogen-bond donors (Lipinski definition) is 0. The minimum atomic E-state index is 0.118. The highest BCUT2D eigenvalue weighted by molar-refractivity contribution is 5.79. The van der Waals surface area contributed by atoms with E-state index in [0.717, 1.165) is 41.6 Å². The quantitative estimate of drug-likeness (QED) is 0.713. The van der Waals surface area contributed by atoms with E-state index in [1.54, 1.807) is 10.7 Å². The maximum atomic E-state index is 12.6. The second-order valence-electron chi connectivity index (χ2n) is 6.27. The molecule has 4 rings (SSSR count). The lowest BCUT2D eigenvalue weighted by Crippen LogP contribution is -2.49. The van der Waals surface area contributed by atoms with E-state index < -0.39 is 0 Å². The number of aromatic nitrogens is 4. The molecule has 3 aromatic rings. The predicted molar refractivity (Wildman–Crippen MR) is 91.5 cm³/mol. The van der Waals surface area contributed by atoms with E-state index in [2.05, 4.69) is 20.1 Å². The lowest BCUT2D eigenvalue weighted by Gasteiger charge is -2.35. The van der Waals surface area contributed by atoms with E-state index in [9.17, 15) is 4.79 Å². The lowest BCUT2D eigenvalue weighted by molar-refractivity contribution is -0.130. The highest BCUT2D eigenvalue weighted by Gasteiger charge is 2.24. The van der Waals surface area contributed by atoms with Crippen LogP contribution in [0.15, 0.2) is 29.0 Å². The molecule has 0 N–H and O–H groups in total. The number of fused-ring (bicyclic) bond motifs is 1. The lowest BCUT2D eigenvalue weighted by atomic mass is 10.1. The van der Waals surface area contributed by atoms with E-state index in [1.807, 2.05) is 37.1 Å². The monoisotopic (exact) mass is 340 g/mol. The van der Waals surface area contributed by atoms with E-state index in [1.165, 1.54) is 0 Å². The smallest absolute Gasteiger partial charge is 0.227 e. The number of carbonyl (C=O) groups excluding carboxylic acids is 1. The highest BCUT2D eigenvalue weighted by atomic mass is 16.5. The molecule has 1 amide bonds. The molecule has 1 aliphatic heterocycles. The van der Waals surface area contributed by atoms with Gasteiger partial charge in [-0.1, -0.05) is 5.16 Å². The normalized spacial score (nSPS) is 15.1. The first kappa shape index (κ1) is 15.6. The molecule has 0 bridgehead atoms. The summed E-state index contributed by atoms with van der Waals surface area (Å²) >= 11 is 0. The summed E-state index contributed by atoms with van der Waals surface area (Å²) in [5.74, 6) is 1.75. The van der Waals surface area contributed by atoms with Gasteiger partial charge in [-0.25, -0.2) is 9.50 Å². The van der Waals surface area contributed by atoms with Crippen molar-refractivity contribution in [3.8, 4) is 0 Å². The second-order valence-corrected chi connectivity index (χ2v) is 6.27. The Bertz CT molecular complexity index is 887. The molecular formula is C17H20N6O2. The number of amides is 1. The first-order chi connectivity index (χ1) is 12.1. The third-order valence-corrected chi connectivity index (χ3v) is 4.71. The third kappa shape index (κ3) is 2.95. The van der Waals surface area contributed by atoms with Gasteiger partial charge in [0.15, 0.2) is 5.65 Å². The Kier molecular flexibility index (Phi) is 3.87. The average Bonchev–Trinajstić information content (AvgIpc) is 3.22. The van der Waals surface area contributed by atoms with Gasteiger partial charge in [0.1, 0.15) is 11.6 Å². The van der Waals surface area contributed by atoms with Gasteiger partial charge in [-0.3, -0.25) is 4.79 Å². The first-order valence-corrected chi connectivity index (χ1v) is 8.36. The zero-order valence-electron chi connectivity index (χ0n) is 14.3. The van der Waals surface area contributed by atoms with Crippen LogP contribution < -0.4 is 4.90 Å². The van der Waals surface area contributed by atoms with Crippen molar-refractivity contribution < 1.29 is 9.32 Å². The number of hydrogen-bond acceptors (Lipinski definition) is 6. The fraction of sp³-hybridized carbons (Fsp3) is 0.412. The Hall–Kier alpha value is -2.90. The molecule has 8 nitrogen and oxygen atoms in total. The minimum Gasteiger partial charge on any atom is -0.361 e. The van der Waals surface area contributed by atoms with Gasteiger partial charge < -0.3 is 14.3 Å². The molecule has 0 saturated carbocycles. The van der Waals surface area contributed by atoms with Crippen molar-refractivity contribution in [2.24, 2.45) is 0 Å². The van der Waals surface area contributed by atoms with E-state index in [0.29, 0.717) is 19.5 Å². The first-order valence-electron chi connectivity index (χ1n) is 8.36. The molecule has 1 fully saturated rings. The Morgan fingerprint density at radius 3 is 2.72 bits per heavy atom. The molecule has 130 valence electrons. The molecule has 1 saturated heterocycles. The number of anilines is 1. The summed E-state index contributed by atoms with van der Waals surface area (Å²) in [5.41, 5.74) is 2.53. The molecule has 0 atom stereocenters. The molecule has 25 heavy (non-hydrogen) atoms. The summed E-state index contributed by atoms with van der Waals surface area (Å²) in [7, 11) is 0. The molecule has 0 aliphatic carbocycles. The number of rotatable bonds is 3. The molecule has 3 aromatic heterocycles. The zero-order valence-corrected chi connectivity index (χ0v) is 14.3. The summed E-state index contributed by atoms with van der Waals surface area (Å²) in [4.78, 5) is 20.9. The van der Waals surface area contributed by atoms with Crippen LogP contribution in [-0.2, 0) is 11.2 Å². The fourth-order valence-electron chi connectivity index (χ4n) is 3.18. The largest absolute Gasteiger partial charge is 0.361 e. The number of piperazine rings is 1. The van der Waals surface area contributed by atoms with Gasteiger partial charge in [0.2, 0.25) is 5.91 Å². The molecule has 1 aliphatic rings. The van der Waals surface area contributed by atoms with Crippen molar-refractivity contribution in [3.63, 3.8) is 0 Å². The van der Waals surface area contributed by atoms with Gasteiger partial charge in [0.25, 0.3) is 0 Å². The van der Waals surface area contributed by atoms with Crippen LogP contribution in [-0.4, -0.2) is 56.7 Å². The van der Waals surface area contributed by atoms with Crippen LogP contribution in [0.5, 0.6) is 0 Å². The van der Waals surface area contributed by atoms with E-state index in [-0.39, 0.29) is 5.91 Å². The predicted octanol–water partition coefficient (Wildman–Crippen LogP) is 1.23. The Balaban J connectivity index is 1.40. The maximum Gasteiger partial charge on any atom is 0.227 e. The zero-order chi connectivity index (χ0) is 17.4. The van der Waals surface area contributed by atoms with Crippen molar-refractivity contribution in [1.29, 1.82) is 0 Å². The van der Waals surface area contributed by atoms with Gasteiger partial charge in [0.05, 0.1) is 12.1 Å². The second kappa shape index (κ2) is 6.19. The summed E-state index contributed by atoms with van der Waals surface area (Å²) in [6.07, 6.45) is 3.92. The van der Waals surface area contributed by atoms with Crippen LogP contribution in [0.4, 0.5) is 5.82 Å². The number of imidazole rings is 1. The van der Waals surface area contributed by atoms with Gasteiger partial charge in [-0.2, -0.15) is 0 Å². The topological polar surface area (TPSA) is 79.8 Å². The molecule has 4 heterocycles. The average molecular weight is 340 g/mol. The number of aryl methyl sites for hydroxylation is 2. The fourth-order valence-corrected chi connectivity index (χ4v) is 3.18. The molecule has 0 aromatic carbocycles. The Morgan fingerprint density at radius 1 is 1.20 bits per heavy atom. The van der Waals surface area contributed by atoms with Gasteiger partial charge in [-0.05, 0) is 26.0 Å². The molecule has 0 radical (unpaired) electrons. The van der Waals surface area contributed by atoms with Crippen LogP contribution in [0, 0.1) is 13.8 Å². The van der Waals surface area contributed by atoms with Crippen molar-refractivity contribution >= 4 is 17.4 Å². The molecular weight excluding hydrogens is 320 g/mol.